The fraction of sp³-hybridized carbons (Fsp3) is 0.731. The molecule has 0 unspecified atom stereocenters. The normalized spacial score (nSPS) is 45.0. The van der Waals surface area contributed by atoms with Crippen molar-refractivity contribution in [3.05, 3.63) is 23.8 Å². The fourth-order valence-corrected chi connectivity index (χ4v) is 7.69. The lowest BCUT2D eigenvalue weighted by Gasteiger charge is -2.43. The minimum Gasteiger partial charge on any atom is -0.455 e. The van der Waals surface area contributed by atoms with E-state index in [1.165, 1.54) is 0 Å². The Labute approximate surface area is 199 Å². The lowest BCUT2D eigenvalue weighted by Crippen LogP contribution is -2.53. The number of amides is 1. The van der Waals surface area contributed by atoms with Crippen molar-refractivity contribution in [2.24, 2.45) is 34.5 Å². The van der Waals surface area contributed by atoms with Crippen molar-refractivity contribution in [2.45, 2.75) is 83.6 Å². The molecule has 0 aromatic heterocycles. The van der Waals surface area contributed by atoms with Crippen LogP contribution in [-0.4, -0.2) is 52.1 Å². The summed E-state index contributed by atoms with van der Waals surface area (Å²) in [7, 11) is 0. The maximum atomic E-state index is 13.9. The summed E-state index contributed by atoms with van der Waals surface area (Å²) in [5, 5.41) is 25.5. The van der Waals surface area contributed by atoms with E-state index in [9.17, 15) is 19.8 Å². The van der Waals surface area contributed by atoms with E-state index in [1.807, 2.05) is 13.0 Å². The third-order valence-corrected chi connectivity index (χ3v) is 9.84. The highest BCUT2D eigenvalue weighted by Crippen LogP contribution is 2.74. The molecule has 3 saturated carbocycles. The molecular formula is C26H35NO7. The zero-order valence-corrected chi connectivity index (χ0v) is 20.3. The first kappa shape index (κ1) is 24.8. The van der Waals surface area contributed by atoms with Crippen molar-refractivity contribution in [3.8, 4) is 0 Å². The van der Waals surface area contributed by atoms with Crippen molar-refractivity contribution >= 4 is 18.0 Å². The lowest BCUT2D eigenvalue weighted by molar-refractivity contribution is -0.191. The standard InChI is InChI=1S/C25H35NO5.CO2/c1-6-12(2)14(4)26-21(28)19-18-15(9-17-20(27)23(18,5)22(29)31-17)16-7-8-25(30)11-24(16,19)10-13(25)3;2-1-3/h9,12,14,16-20,27,30H,3,6-8,10-11H2,1-2,4-5H3,(H,26,28);/t12-,14+,16-,17-,18+,19+,20-,23-,24-,25-;/m0./s1. The Kier molecular flexibility index (Phi) is 5.95. The van der Waals surface area contributed by atoms with Gasteiger partial charge in [-0.05, 0) is 68.4 Å². The number of ether oxygens (including phenoxy) is 1. The zero-order chi connectivity index (χ0) is 25.2. The van der Waals surface area contributed by atoms with Crippen molar-refractivity contribution in [1.82, 2.24) is 5.32 Å². The number of hydrogen-bond donors (Lipinski definition) is 3. The van der Waals surface area contributed by atoms with Gasteiger partial charge in [0.05, 0.1) is 11.5 Å². The second-order valence-electron chi connectivity index (χ2n) is 11.3. The molecule has 1 spiro atoms. The fourth-order valence-electron chi connectivity index (χ4n) is 7.69. The molecule has 4 bridgehead atoms. The summed E-state index contributed by atoms with van der Waals surface area (Å²) in [4.78, 5) is 43.2. The molecule has 0 radical (unpaired) electrons. The van der Waals surface area contributed by atoms with Crippen LogP contribution >= 0.6 is 0 Å². The van der Waals surface area contributed by atoms with E-state index < -0.39 is 46.4 Å². The number of carbonyl (C=O) groups excluding carboxylic acids is 4. The first-order valence-corrected chi connectivity index (χ1v) is 12.2. The second-order valence-corrected chi connectivity index (χ2v) is 11.3. The molecule has 186 valence electrons. The largest absolute Gasteiger partial charge is 0.455 e. The van der Waals surface area contributed by atoms with Gasteiger partial charge >= 0.3 is 12.1 Å². The van der Waals surface area contributed by atoms with E-state index in [0.29, 0.717) is 25.2 Å². The van der Waals surface area contributed by atoms with Crippen LogP contribution in [0.5, 0.6) is 0 Å². The molecule has 3 N–H and O–H groups in total. The Balaban J connectivity index is 0.000000868. The predicted molar refractivity (Wildman–Crippen MR) is 120 cm³/mol. The molecule has 5 rings (SSSR count). The number of aliphatic hydroxyl groups excluding tert-OH is 1. The van der Waals surface area contributed by atoms with Gasteiger partial charge < -0.3 is 20.3 Å². The maximum Gasteiger partial charge on any atom is 0.373 e. The minimum atomic E-state index is -1.15. The highest BCUT2D eigenvalue weighted by molar-refractivity contribution is 5.88. The average Bonchev–Trinajstić information content (AvgIpc) is 3.22. The topological polar surface area (TPSA) is 130 Å². The quantitative estimate of drug-likeness (QED) is 0.420. The Morgan fingerprint density at radius 2 is 2.03 bits per heavy atom. The van der Waals surface area contributed by atoms with Crippen molar-refractivity contribution < 1.29 is 34.1 Å². The summed E-state index contributed by atoms with van der Waals surface area (Å²) in [5.41, 5.74) is -0.667. The Morgan fingerprint density at radius 1 is 1.38 bits per heavy atom. The van der Waals surface area contributed by atoms with Gasteiger partial charge in [0.1, 0.15) is 17.6 Å². The smallest absolute Gasteiger partial charge is 0.373 e. The van der Waals surface area contributed by atoms with Gasteiger partial charge in [0.2, 0.25) is 5.91 Å². The Morgan fingerprint density at radius 3 is 2.65 bits per heavy atom. The van der Waals surface area contributed by atoms with E-state index >= 15 is 0 Å². The molecule has 1 aliphatic heterocycles. The Hall–Kier alpha value is -2.28. The number of aliphatic hydroxyl groups is 2. The molecular weight excluding hydrogens is 438 g/mol. The van der Waals surface area contributed by atoms with E-state index in [1.54, 1.807) is 6.92 Å². The Bertz CT molecular complexity index is 984. The molecule has 1 amide bonds. The summed E-state index contributed by atoms with van der Waals surface area (Å²) < 4.78 is 5.54. The van der Waals surface area contributed by atoms with E-state index in [0.717, 1.165) is 24.0 Å². The average molecular weight is 474 g/mol. The van der Waals surface area contributed by atoms with Gasteiger partial charge in [-0.3, -0.25) is 9.59 Å². The van der Waals surface area contributed by atoms with E-state index in [-0.39, 0.29) is 24.0 Å². The zero-order valence-electron chi connectivity index (χ0n) is 20.3. The highest BCUT2D eigenvalue weighted by Gasteiger charge is 2.75. The number of hydrogen-bond acceptors (Lipinski definition) is 7. The third-order valence-electron chi connectivity index (χ3n) is 9.84. The van der Waals surface area contributed by atoms with Crippen LogP contribution in [0.4, 0.5) is 0 Å². The van der Waals surface area contributed by atoms with Crippen LogP contribution in [-0.2, 0) is 23.9 Å². The SMILES string of the molecule is C=C1C[C@]23C[C@@]1(O)CC[C@H]2C1=C[C@@H]2OC(=O)[C@@](C)([C@H]1[C@@H]3C(=O)N[C@H](C)[C@@H](C)CC)[C@H]2O.O=C=O. The monoisotopic (exact) mass is 473 g/mol. The van der Waals surface area contributed by atoms with Crippen LogP contribution in [0.15, 0.2) is 23.8 Å². The molecule has 10 atom stereocenters. The van der Waals surface area contributed by atoms with E-state index in [2.05, 4.69) is 25.7 Å². The first-order valence-electron chi connectivity index (χ1n) is 12.2. The van der Waals surface area contributed by atoms with Crippen LogP contribution < -0.4 is 5.32 Å². The van der Waals surface area contributed by atoms with Crippen molar-refractivity contribution in [1.29, 1.82) is 0 Å². The minimum absolute atomic E-state index is 0.00273. The number of fused-ring (bicyclic) bond motifs is 6. The highest BCUT2D eigenvalue weighted by atomic mass is 16.6. The molecule has 1 saturated heterocycles. The van der Waals surface area contributed by atoms with Gasteiger partial charge in [-0.1, -0.05) is 32.4 Å². The molecule has 4 fully saturated rings. The number of allylic oxidation sites excluding steroid dienone is 1. The number of esters is 1. The molecule has 34 heavy (non-hydrogen) atoms. The van der Waals surface area contributed by atoms with Crippen molar-refractivity contribution in [2.75, 3.05) is 0 Å². The summed E-state index contributed by atoms with van der Waals surface area (Å²) in [5.74, 6) is -1.00. The maximum absolute atomic E-state index is 13.9. The summed E-state index contributed by atoms with van der Waals surface area (Å²) in [6.45, 7) is 12.2. The van der Waals surface area contributed by atoms with E-state index in [4.69, 9.17) is 14.3 Å². The number of nitrogens with one attached hydrogen (secondary N) is 1. The predicted octanol–water partition coefficient (Wildman–Crippen LogP) is 1.91. The molecule has 8 heteroatoms. The third kappa shape index (κ3) is 3.11. The van der Waals surface area contributed by atoms with Gasteiger partial charge in [-0.15, -0.1) is 0 Å². The summed E-state index contributed by atoms with van der Waals surface area (Å²) in [6.07, 6.45) is 3.99. The van der Waals surface area contributed by atoms with Gasteiger partial charge in [-0.2, -0.15) is 9.59 Å². The number of rotatable bonds is 4. The van der Waals surface area contributed by atoms with Gasteiger partial charge in [0.25, 0.3) is 0 Å². The van der Waals surface area contributed by atoms with Crippen LogP contribution in [0.3, 0.4) is 0 Å². The van der Waals surface area contributed by atoms with Crippen LogP contribution in [0.2, 0.25) is 0 Å². The molecule has 4 aliphatic carbocycles. The molecule has 0 aromatic rings. The lowest BCUT2D eigenvalue weighted by atomic mass is 9.60. The molecule has 5 aliphatic rings. The second kappa shape index (κ2) is 8.14. The molecule has 0 aromatic carbocycles. The van der Waals surface area contributed by atoms with Crippen LogP contribution in [0.25, 0.3) is 0 Å². The molecule has 8 nitrogen and oxygen atoms in total. The summed E-state index contributed by atoms with van der Waals surface area (Å²) in [6, 6.07) is -0.00273. The van der Waals surface area contributed by atoms with Crippen LogP contribution in [0.1, 0.15) is 59.8 Å². The van der Waals surface area contributed by atoms with Crippen LogP contribution in [0, 0.1) is 34.5 Å². The van der Waals surface area contributed by atoms with Gasteiger partial charge in [-0.25, -0.2) is 0 Å². The summed E-state index contributed by atoms with van der Waals surface area (Å²) >= 11 is 0. The molecule has 1 heterocycles. The van der Waals surface area contributed by atoms with Gasteiger partial charge in [0.15, 0.2) is 0 Å². The van der Waals surface area contributed by atoms with Gasteiger partial charge in [0, 0.05) is 12.0 Å². The first-order chi connectivity index (χ1) is 15.9. The van der Waals surface area contributed by atoms with Crippen molar-refractivity contribution in [3.63, 3.8) is 0 Å². The number of carbonyl (C=O) groups is 2.